The van der Waals surface area contributed by atoms with Gasteiger partial charge in [-0.3, -0.25) is 0 Å². The van der Waals surface area contributed by atoms with E-state index in [-0.39, 0.29) is 6.79 Å². The van der Waals surface area contributed by atoms with Crippen LogP contribution in [0, 0.1) is 0 Å². The molecular formula is C49H50O7. The fourth-order valence-electron chi connectivity index (χ4n) is 6.95. The molecule has 1 saturated carbocycles. The molecule has 0 aliphatic heterocycles. The predicted molar refractivity (Wildman–Crippen MR) is 216 cm³/mol. The quantitative estimate of drug-likeness (QED) is 0.0569. The van der Waals surface area contributed by atoms with Gasteiger partial charge in [-0.15, -0.1) is 0 Å². The molecule has 0 N–H and O–H groups in total. The molecule has 0 aromatic heterocycles. The molecule has 0 spiro atoms. The minimum absolute atomic E-state index is 0.00229. The lowest BCUT2D eigenvalue weighted by Crippen LogP contribution is -2.67. The zero-order valence-electron chi connectivity index (χ0n) is 31.6. The van der Waals surface area contributed by atoms with E-state index in [2.05, 4.69) is 60.7 Å². The molecule has 0 amide bonds. The van der Waals surface area contributed by atoms with Crippen LogP contribution in [-0.4, -0.2) is 43.4 Å². The van der Waals surface area contributed by atoms with E-state index < -0.39 is 36.6 Å². The van der Waals surface area contributed by atoms with Crippen LogP contribution in [0.5, 0.6) is 0 Å². The SMILES string of the molecule is c1ccc(COCO[C@@H]2[C@@H](OCc3ccccc3)[C@H](OCc3ccccc3)[C@@H](OCc3ccccc3)[C@H](OCc3ccccc3)[C@@H]2OCc2ccccc2)cc1. The summed E-state index contributed by atoms with van der Waals surface area (Å²) in [5.41, 5.74) is 6.20. The first-order valence-corrected chi connectivity index (χ1v) is 19.3. The zero-order chi connectivity index (χ0) is 38.0. The van der Waals surface area contributed by atoms with Crippen molar-refractivity contribution in [1.82, 2.24) is 0 Å². The average Bonchev–Trinajstić information content (AvgIpc) is 3.27. The highest BCUT2D eigenvalue weighted by atomic mass is 16.7. The first kappa shape index (κ1) is 39.3. The van der Waals surface area contributed by atoms with Gasteiger partial charge in [-0.1, -0.05) is 182 Å². The Morgan fingerprint density at radius 1 is 0.232 bits per heavy atom. The Kier molecular flexibility index (Phi) is 15.0. The van der Waals surface area contributed by atoms with Crippen LogP contribution in [0.4, 0.5) is 0 Å². The third kappa shape index (κ3) is 11.5. The van der Waals surface area contributed by atoms with E-state index in [9.17, 15) is 0 Å². The van der Waals surface area contributed by atoms with Gasteiger partial charge in [0, 0.05) is 0 Å². The van der Waals surface area contributed by atoms with Gasteiger partial charge in [0.05, 0.1) is 39.6 Å². The van der Waals surface area contributed by atoms with Crippen molar-refractivity contribution in [3.8, 4) is 0 Å². The molecule has 288 valence electrons. The summed E-state index contributed by atoms with van der Waals surface area (Å²) >= 11 is 0. The molecule has 0 saturated heterocycles. The lowest BCUT2D eigenvalue weighted by atomic mass is 9.83. The summed E-state index contributed by atoms with van der Waals surface area (Å²) in [4.78, 5) is 0. The molecule has 1 aliphatic rings. The number of benzene rings is 6. The van der Waals surface area contributed by atoms with Crippen molar-refractivity contribution in [3.63, 3.8) is 0 Å². The molecular weight excluding hydrogens is 701 g/mol. The predicted octanol–water partition coefficient (Wildman–Crippen LogP) is 9.49. The fourth-order valence-corrected chi connectivity index (χ4v) is 6.95. The van der Waals surface area contributed by atoms with Gasteiger partial charge in [-0.2, -0.15) is 0 Å². The highest BCUT2D eigenvalue weighted by Crippen LogP contribution is 2.36. The zero-order valence-corrected chi connectivity index (χ0v) is 31.6. The molecule has 0 heterocycles. The number of ether oxygens (including phenoxy) is 7. The number of hydrogen-bond donors (Lipinski definition) is 0. The first-order valence-electron chi connectivity index (χ1n) is 19.3. The van der Waals surface area contributed by atoms with Crippen LogP contribution < -0.4 is 0 Å². The van der Waals surface area contributed by atoms with Gasteiger partial charge in [0.25, 0.3) is 0 Å². The van der Waals surface area contributed by atoms with Crippen LogP contribution in [0.2, 0.25) is 0 Å². The van der Waals surface area contributed by atoms with Gasteiger partial charge in [0.15, 0.2) is 0 Å². The molecule has 56 heavy (non-hydrogen) atoms. The van der Waals surface area contributed by atoms with E-state index in [0.717, 1.165) is 33.4 Å². The second-order valence-corrected chi connectivity index (χ2v) is 13.9. The second-order valence-electron chi connectivity index (χ2n) is 13.9. The summed E-state index contributed by atoms with van der Waals surface area (Å²) in [6.07, 6.45) is -3.82. The van der Waals surface area contributed by atoms with Gasteiger partial charge in [0.2, 0.25) is 0 Å². The Bertz CT molecular complexity index is 1830. The molecule has 7 rings (SSSR count). The Hall–Kier alpha value is -4.96. The van der Waals surface area contributed by atoms with Crippen molar-refractivity contribution in [1.29, 1.82) is 0 Å². The lowest BCUT2D eigenvalue weighted by molar-refractivity contribution is -0.300. The summed E-state index contributed by atoms with van der Waals surface area (Å²) in [5, 5.41) is 0. The van der Waals surface area contributed by atoms with Crippen molar-refractivity contribution in [2.24, 2.45) is 0 Å². The monoisotopic (exact) mass is 750 g/mol. The van der Waals surface area contributed by atoms with Crippen LogP contribution in [-0.2, 0) is 72.8 Å². The second kappa shape index (κ2) is 21.4. The summed E-state index contributed by atoms with van der Waals surface area (Å²) in [5.74, 6) is 0. The minimum Gasteiger partial charge on any atom is -0.368 e. The minimum atomic E-state index is -0.670. The fraction of sp³-hybridized carbons (Fsp3) is 0.265. The standard InChI is InChI=1S/C49H50O7/c1-7-19-38(20-8-1)31-50-37-56-49-47(54-35-42-27-15-5-16-28-42)45(52-33-40-23-11-3-12-24-40)44(51-32-39-21-9-2-10-22-39)46(53-34-41-25-13-4-14-26-41)48(49)55-36-43-29-17-6-18-30-43/h1-30,44-49H,31-37H2/t44-,45-,46+,47-,48-,49-/m0/s1. The van der Waals surface area contributed by atoms with Crippen LogP contribution in [0.3, 0.4) is 0 Å². The van der Waals surface area contributed by atoms with E-state index in [1.807, 2.05) is 121 Å². The smallest absolute Gasteiger partial charge is 0.147 e. The summed E-state index contributed by atoms with van der Waals surface area (Å²) < 4.78 is 47.8. The third-order valence-corrected chi connectivity index (χ3v) is 9.82. The molecule has 0 radical (unpaired) electrons. The van der Waals surface area contributed by atoms with Crippen LogP contribution in [0.25, 0.3) is 0 Å². The van der Waals surface area contributed by atoms with E-state index in [0.29, 0.717) is 39.6 Å². The van der Waals surface area contributed by atoms with E-state index in [4.69, 9.17) is 33.2 Å². The van der Waals surface area contributed by atoms with Crippen LogP contribution in [0.15, 0.2) is 182 Å². The molecule has 6 aromatic rings. The van der Waals surface area contributed by atoms with Crippen molar-refractivity contribution >= 4 is 0 Å². The van der Waals surface area contributed by atoms with Gasteiger partial charge in [-0.05, 0) is 33.4 Å². The van der Waals surface area contributed by atoms with Gasteiger partial charge >= 0.3 is 0 Å². The highest BCUT2D eigenvalue weighted by molar-refractivity contribution is 5.19. The number of rotatable bonds is 20. The molecule has 0 bridgehead atoms. The van der Waals surface area contributed by atoms with E-state index in [1.165, 1.54) is 0 Å². The molecule has 7 nitrogen and oxygen atoms in total. The van der Waals surface area contributed by atoms with Crippen molar-refractivity contribution in [2.45, 2.75) is 76.3 Å². The Labute approximate surface area is 330 Å². The number of hydrogen-bond acceptors (Lipinski definition) is 7. The van der Waals surface area contributed by atoms with Crippen LogP contribution >= 0.6 is 0 Å². The van der Waals surface area contributed by atoms with Crippen molar-refractivity contribution < 1.29 is 33.2 Å². The van der Waals surface area contributed by atoms with Crippen molar-refractivity contribution in [2.75, 3.05) is 6.79 Å². The Balaban J connectivity index is 1.27. The highest BCUT2D eigenvalue weighted by Gasteiger charge is 2.55. The maximum absolute atomic E-state index is 6.97. The summed E-state index contributed by atoms with van der Waals surface area (Å²) in [7, 11) is 0. The summed E-state index contributed by atoms with van der Waals surface area (Å²) in [6, 6.07) is 60.8. The normalized spacial score (nSPS) is 20.8. The van der Waals surface area contributed by atoms with Crippen LogP contribution in [0.1, 0.15) is 33.4 Å². The summed E-state index contributed by atoms with van der Waals surface area (Å²) in [6.45, 7) is 2.05. The van der Waals surface area contributed by atoms with Crippen molar-refractivity contribution in [3.05, 3.63) is 215 Å². The molecule has 0 unspecified atom stereocenters. The average molecular weight is 751 g/mol. The maximum atomic E-state index is 6.97. The molecule has 6 atom stereocenters. The molecule has 6 aromatic carbocycles. The molecule has 1 fully saturated rings. The van der Waals surface area contributed by atoms with Gasteiger partial charge in [0.1, 0.15) is 43.4 Å². The van der Waals surface area contributed by atoms with Gasteiger partial charge in [-0.25, -0.2) is 0 Å². The third-order valence-electron chi connectivity index (χ3n) is 9.82. The largest absolute Gasteiger partial charge is 0.368 e. The molecule has 7 heteroatoms. The Morgan fingerprint density at radius 3 is 0.661 bits per heavy atom. The van der Waals surface area contributed by atoms with E-state index >= 15 is 0 Å². The van der Waals surface area contributed by atoms with E-state index in [1.54, 1.807) is 0 Å². The maximum Gasteiger partial charge on any atom is 0.147 e. The first-order chi connectivity index (χ1) is 27.8. The topological polar surface area (TPSA) is 64.6 Å². The molecule has 1 aliphatic carbocycles. The lowest BCUT2D eigenvalue weighted by Gasteiger charge is -2.49. The van der Waals surface area contributed by atoms with Gasteiger partial charge < -0.3 is 33.2 Å². The Morgan fingerprint density at radius 2 is 0.429 bits per heavy atom.